The van der Waals surface area contributed by atoms with Crippen molar-refractivity contribution in [3.63, 3.8) is 0 Å². The normalized spacial score (nSPS) is 10.9. The quantitative estimate of drug-likeness (QED) is 0.102. The molecule has 0 aliphatic rings. The van der Waals surface area contributed by atoms with E-state index in [-0.39, 0.29) is 5.97 Å². The number of carbonyl (C=O) groups is 1. The van der Waals surface area contributed by atoms with Crippen molar-refractivity contribution in [2.75, 3.05) is 19.8 Å². The molecule has 0 aromatic heterocycles. The van der Waals surface area contributed by atoms with Crippen LogP contribution in [0.5, 0.6) is 11.5 Å². The van der Waals surface area contributed by atoms with Crippen molar-refractivity contribution in [1.82, 2.24) is 0 Å². The first kappa shape index (κ1) is 27.1. The second kappa shape index (κ2) is 16.5. The lowest BCUT2D eigenvalue weighted by molar-refractivity contribution is -0.137. The minimum Gasteiger partial charge on any atom is -0.494 e. The van der Waals surface area contributed by atoms with Gasteiger partial charge in [-0.3, -0.25) is 0 Å². The van der Waals surface area contributed by atoms with Crippen LogP contribution < -0.4 is 9.47 Å². The van der Waals surface area contributed by atoms with Gasteiger partial charge in [0.25, 0.3) is 0 Å². The molecule has 0 fully saturated rings. The van der Waals surface area contributed by atoms with Crippen LogP contribution in [-0.4, -0.2) is 25.8 Å². The number of ether oxygens (including phenoxy) is 3. The molecule has 2 rings (SSSR count). The SMILES string of the molecule is C=CC(=O)OCCCCCCOc1ccc(N=Nc2ccc(OCCCCCC)cc2)cc1C. The predicted molar refractivity (Wildman–Crippen MR) is 137 cm³/mol. The Morgan fingerprint density at radius 3 is 2.12 bits per heavy atom. The third kappa shape index (κ3) is 11.1. The molecular formula is C28H38N2O4. The lowest BCUT2D eigenvalue weighted by atomic mass is 10.2. The van der Waals surface area contributed by atoms with Crippen LogP contribution >= 0.6 is 0 Å². The molecule has 0 saturated carbocycles. The molecule has 0 spiro atoms. The van der Waals surface area contributed by atoms with Gasteiger partial charge in [-0.25, -0.2) is 4.79 Å². The van der Waals surface area contributed by atoms with Crippen LogP contribution in [0.1, 0.15) is 63.9 Å². The highest BCUT2D eigenvalue weighted by molar-refractivity contribution is 5.81. The first-order valence-corrected chi connectivity index (χ1v) is 12.3. The van der Waals surface area contributed by atoms with E-state index >= 15 is 0 Å². The van der Waals surface area contributed by atoms with Gasteiger partial charge in [-0.15, -0.1) is 0 Å². The van der Waals surface area contributed by atoms with E-state index in [1.165, 1.54) is 25.3 Å². The van der Waals surface area contributed by atoms with Crippen molar-refractivity contribution in [3.8, 4) is 11.5 Å². The fraction of sp³-hybridized carbons (Fsp3) is 0.464. The molecule has 6 nitrogen and oxygen atoms in total. The Labute approximate surface area is 204 Å². The summed E-state index contributed by atoms with van der Waals surface area (Å²) >= 11 is 0. The standard InChI is InChI=1S/C28H38N2O4/c1-4-6-7-10-19-32-26-16-13-24(14-17-26)29-30-25-15-18-27(23(3)22-25)33-20-11-8-9-12-21-34-28(31)5-2/h5,13-18,22H,2,4,6-12,19-21H2,1,3H3. The molecule has 0 amide bonds. The number of hydrogen-bond acceptors (Lipinski definition) is 6. The lowest BCUT2D eigenvalue weighted by Crippen LogP contribution is -2.02. The number of unbranched alkanes of at least 4 members (excludes halogenated alkanes) is 6. The molecule has 184 valence electrons. The first-order chi connectivity index (χ1) is 16.6. The minimum atomic E-state index is -0.363. The van der Waals surface area contributed by atoms with Crippen LogP contribution in [0, 0.1) is 6.92 Å². The van der Waals surface area contributed by atoms with Crippen LogP contribution in [0.25, 0.3) is 0 Å². The number of aryl methyl sites for hydroxylation is 1. The summed E-state index contributed by atoms with van der Waals surface area (Å²) < 4.78 is 16.6. The van der Waals surface area contributed by atoms with Gasteiger partial charge in [-0.05, 0) is 87.1 Å². The molecule has 0 aliphatic heterocycles. The fourth-order valence-corrected chi connectivity index (χ4v) is 3.27. The minimum absolute atomic E-state index is 0.363. The van der Waals surface area contributed by atoms with Gasteiger partial charge in [-0.1, -0.05) is 32.8 Å². The van der Waals surface area contributed by atoms with E-state index in [9.17, 15) is 4.79 Å². The third-order valence-electron chi connectivity index (χ3n) is 5.25. The molecule has 0 N–H and O–H groups in total. The zero-order chi connectivity index (χ0) is 24.4. The van der Waals surface area contributed by atoms with Gasteiger partial charge < -0.3 is 14.2 Å². The van der Waals surface area contributed by atoms with E-state index < -0.39 is 0 Å². The van der Waals surface area contributed by atoms with E-state index in [0.29, 0.717) is 13.2 Å². The van der Waals surface area contributed by atoms with Crippen LogP contribution in [0.15, 0.2) is 65.3 Å². The second-order valence-electron chi connectivity index (χ2n) is 8.19. The van der Waals surface area contributed by atoms with E-state index in [2.05, 4.69) is 23.7 Å². The average Bonchev–Trinajstić information content (AvgIpc) is 2.85. The van der Waals surface area contributed by atoms with Gasteiger partial charge in [0, 0.05) is 6.08 Å². The Kier molecular flexibility index (Phi) is 13.1. The number of benzene rings is 2. The van der Waals surface area contributed by atoms with E-state index in [0.717, 1.165) is 67.1 Å². The zero-order valence-electron chi connectivity index (χ0n) is 20.6. The molecule has 0 bridgehead atoms. The highest BCUT2D eigenvalue weighted by atomic mass is 16.5. The van der Waals surface area contributed by atoms with Crippen molar-refractivity contribution in [2.45, 2.75) is 65.2 Å². The topological polar surface area (TPSA) is 69.5 Å². The molecule has 2 aromatic rings. The Morgan fingerprint density at radius 1 is 0.824 bits per heavy atom. The molecule has 34 heavy (non-hydrogen) atoms. The highest BCUT2D eigenvalue weighted by Crippen LogP contribution is 2.26. The summed E-state index contributed by atoms with van der Waals surface area (Å²) in [6.07, 6.45) is 9.81. The summed E-state index contributed by atoms with van der Waals surface area (Å²) in [5.74, 6) is 1.36. The number of hydrogen-bond donors (Lipinski definition) is 0. The summed E-state index contributed by atoms with van der Waals surface area (Å²) in [6, 6.07) is 13.5. The molecule has 2 aromatic carbocycles. The van der Waals surface area contributed by atoms with Gasteiger partial charge in [0.05, 0.1) is 31.2 Å². The van der Waals surface area contributed by atoms with Gasteiger partial charge in [0.15, 0.2) is 0 Å². The Hall–Kier alpha value is -3.15. The summed E-state index contributed by atoms with van der Waals surface area (Å²) in [7, 11) is 0. The van der Waals surface area contributed by atoms with Crippen LogP contribution in [0.4, 0.5) is 11.4 Å². The molecule has 0 atom stereocenters. The first-order valence-electron chi connectivity index (χ1n) is 12.3. The highest BCUT2D eigenvalue weighted by Gasteiger charge is 2.02. The van der Waals surface area contributed by atoms with Crippen LogP contribution in [-0.2, 0) is 9.53 Å². The van der Waals surface area contributed by atoms with E-state index in [1.807, 2.05) is 49.4 Å². The van der Waals surface area contributed by atoms with Gasteiger partial charge in [-0.2, -0.15) is 10.2 Å². The maximum absolute atomic E-state index is 11.0. The molecular weight excluding hydrogens is 428 g/mol. The Bertz CT molecular complexity index is 894. The molecule has 0 radical (unpaired) electrons. The predicted octanol–water partition coefficient (Wildman–Crippen LogP) is 8.04. The van der Waals surface area contributed by atoms with Gasteiger partial charge in [0.2, 0.25) is 0 Å². The van der Waals surface area contributed by atoms with Crippen molar-refractivity contribution < 1.29 is 19.0 Å². The summed E-state index contributed by atoms with van der Waals surface area (Å²) in [5, 5.41) is 8.68. The average molecular weight is 467 g/mol. The van der Waals surface area contributed by atoms with Crippen LogP contribution in [0.2, 0.25) is 0 Å². The lowest BCUT2D eigenvalue weighted by Gasteiger charge is -2.09. The van der Waals surface area contributed by atoms with Crippen molar-refractivity contribution in [3.05, 3.63) is 60.7 Å². The number of carbonyl (C=O) groups excluding carboxylic acids is 1. The maximum atomic E-state index is 11.0. The van der Waals surface area contributed by atoms with E-state index in [1.54, 1.807) is 0 Å². The van der Waals surface area contributed by atoms with Crippen molar-refractivity contribution >= 4 is 17.3 Å². The molecule has 0 saturated heterocycles. The van der Waals surface area contributed by atoms with Gasteiger partial charge >= 0.3 is 5.97 Å². The molecule has 0 unspecified atom stereocenters. The summed E-state index contributed by atoms with van der Waals surface area (Å²) in [5.41, 5.74) is 2.60. The monoisotopic (exact) mass is 466 g/mol. The Balaban J connectivity index is 1.69. The number of rotatable bonds is 17. The smallest absolute Gasteiger partial charge is 0.330 e. The summed E-state index contributed by atoms with van der Waals surface area (Å²) in [6.45, 7) is 9.44. The number of nitrogens with zero attached hydrogens (tertiary/aromatic N) is 2. The zero-order valence-corrected chi connectivity index (χ0v) is 20.6. The van der Waals surface area contributed by atoms with Crippen LogP contribution in [0.3, 0.4) is 0 Å². The molecule has 0 aliphatic carbocycles. The molecule has 0 heterocycles. The van der Waals surface area contributed by atoms with Crippen molar-refractivity contribution in [1.29, 1.82) is 0 Å². The molecule has 6 heteroatoms. The van der Waals surface area contributed by atoms with Gasteiger partial charge in [0.1, 0.15) is 11.5 Å². The Morgan fingerprint density at radius 2 is 1.44 bits per heavy atom. The second-order valence-corrected chi connectivity index (χ2v) is 8.19. The van der Waals surface area contributed by atoms with E-state index in [4.69, 9.17) is 14.2 Å². The maximum Gasteiger partial charge on any atom is 0.330 e. The number of azo groups is 1. The van der Waals surface area contributed by atoms with Crippen molar-refractivity contribution in [2.24, 2.45) is 10.2 Å². The fourth-order valence-electron chi connectivity index (χ4n) is 3.27. The summed E-state index contributed by atoms with van der Waals surface area (Å²) in [4.78, 5) is 11.0. The largest absolute Gasteiger partial charge is 0.494 e. The number of esters is 1. The third-order valence-corrected chi connectivity index (χ3v) is 5.25.